The van der Waals surface area contributed by atoms with E-state index in [1.165, 1.54) is 0 Å². The first-order valence-electron chi connectivity index (χ1n) is 6.17. The maximum Gasteiger partial charge on any atom is 0.171 e. The third-order valence-corrected chi connectivity index (χ3v) is 3.20. The number of oxime groups is 1. The van der Waals surface area contributed by atoms with Crippen LogP contribution in [-0.2, 0) is 6.61 Å². The van der Waals surface area contributed by atoms with Crippen LogP contribution < -0.4 is 15.2 Å². The summed E-state index contributed by atoms with van der Waals surface area (Å²) < 4.78 is 10.7. The van der Waals surface area contributed by atoms with E-state index in [-0.39, 0.29) is 5.84 Å². The Labute approximate surface area is 127 Å². The zero-order valence-corrected chi connectivity index (χ0v) is 12.2. The normalized spacial score (nSPS) is 11.2. The zero-order valence-electron chi connectivity index (χ0n) is 11.4. The molecule has 5 nitrogen and oxygen atoms in total. The first kappa shape index (κ1) is 15.0. The van der Waals surface area contributed by atoms with Gasteiger partial charge in [0.2, 0.25) is 0 Å². The van der Waals surface area contributed by atoms with Gasteiger partial charge in [0, 0.05) is 5.56 Å². The van der Waals surface area contributed by atoms with Gasteiger partial charge in [-0.1, -0.05) is 28.9 Å². The summed E-state index contributed by atoms with van der Waals surface area (Å²) in [5.74, 6) is 1.36. The molecule has 0 aliphatic carbocycles. The number of ether oxygens (including phenoxy) is 2. The van der Waals surface area contributed by atoms with Crippen molar-refractivity contribution in [2.45, 2.75) is 6.61 Å². The Morgan fingerprint density at radius 3 is 2.43 bits per heavy atom. The molecule has 0 fully saturated rings. The van der Waals surface area contributed by atoms with Crippen LogP contribution in [0.4, 0.5) is 0 Å². The molecule has 0 amide bonds. The topological polar surface area (TPSA) is 77.1 Å². The van der Waals surface area contributed by atoms with Crippen molar-refractivity contribution < 1.29 is 14.7 Å². The summed E-state index contributed by atoms with van der Waals surface area (Å²) in [4.78, 5) is 0. The summed E-state index contributed by atoms with van der Waals surface area (Å²) in [6.07, 6.45) is 0. The second-order valence-corrected chi connectivity index (χ2v) is 4.67. The van der Waals surface area contributed by atoms with Gasteiger partial charge in [0.05, 0.1) is 12.1 Å². The number of halogens is 1. The maximum absolute atomic E-state index is 8.64. The van der Waals surface area contributed by atoms with Crippen LogP contribution in [0.15, 0.2) is 47.6 Å². The van der Waals surface area contributed by atoms with Crippen LogP contribution in [0.2, 0.25) is 5.02 Å². The minimum Gasteiger partial charge on any atom is -0.497 e. The van der Waals surface area contributed by atoms with Gasteiger partial charge >= 0.3 is 0 Å². The lowest BCUT2D eigenvalue weighted by Gasteiger charge is -2.09. The molecule has 3 N–H and O–H groups in total. The molecule has 2 aromatic rings. The molecule has 2 rings (SSSR count). The molecule has 0 spiro atoms. The van der Waals surface area contributed by atoms with Crippen molar-refractivity contribution in [3.63, 3.8) is 0 Å². The standard InChI is InChI=1S/C15H15ClN2O3/c1-20-11-4-2-10(3-5-11)9-21-12-6-7-13(14(16)8-12)15(17)18-19/h2-8,19H,9H2,1H3,(H2,17,18). The molecule has 0 bridgehead atoms. The van der Waals surface area contributed by atoms with E-state index in [2.05, 4.69) is 5.16 Å². The fourth-order valence-electron chi connectivity index (χ4n) is 1.74. The van der Waals surface area contributed by atoms with Gasteiger partial charge in [-0.3, -0.25) is 0 Å². The Balaban J connectivity index is 2.04. The van der Waals surface area contributed by atoms with Crippen LogP contribution in [-0.4, -0.2) is 18.2 Å². The van der Waals surface area contributed by atoms with Crippen LogP contribution in [0.25, 0.3) is 0 Å². The zero-order chi connectivity index (χ0) is 15.2. The third kappa shape index (κ3) is 3.79. The second kappa shape index (κ2) is 6.85. The maximum atomic E-state index is 8.64. The van der Waals surface area contributed by atoms with E-state index in [0.29, 0.717) is 22.9 Å². The van der Waals surface area contributed by atoms with Gasteiger partial charge in [0.15, 0.2) is 5.84 Å². The van der Waals surface area contributed by atoms with Crippen LogP contribution in [0.5, 0.6) is 11.5 Å². The Morgan fingerprint density at radius 1 is 1.19 bits per heavy atom. The van der Waals surface area contributed by atoms with E-state index in [0.717, 1.165) is 11.3 Å². The van der Waals surface area contributed by atoms with Gasteiger partial charge in [-0.05, 0) is 35.9 Å². The Hall–Kier alpha value is -2.40. The van der Waals surface area contributed by atoms with E-state index in [4.69, 9.17) is 32.0 Å². The van der Waals surface area contributed by atoms with Gasteiger partial charge in [-0.2, -0.15) is 0 Å². The fourth-order valence-corrected chi connectivity index (χ4v) is 2.00. The Morgan fingerprint density at radius 2 is 1.86 bits per heavy atom. The Kier molecular flexibility index (Phi) is 4.90. The third-order valence-electron chi connectivity index (χ3n) is 2.89. The van der Waals surface area contributed by atoms with Crippen molar-refractivity contribution >= 4 is 17.4 Å². The summed E-state index contributed by atoms with van der Waals surface area (Å²) in [5, 5.41) is 11.9. The van der Waals surface area contributed by atoms with Gasteiger partial charge < -0.3 is 20.4 Å². The average molecular weight is 307 g/mol. The second-order valence-electron chi connectivity index (χ2n) is 4.26. The molecular formula is C15H15ClN2O3. The molecule has 0 aromatic heterocycles. The van der Waals surface area contributed by atoms with Gasteiger partial charge in [0.1, 0.15) is 18.1 Å². The summed E-state index contributed by atoms with van der Waals surface area (Å²) in [6.45, 7) is 0.406. The van der Waals surface area contributed by atoms with Gasteiger partial charge in [0.25, 0.3) is 0 Å². The summed E-state index contributed by atoms with van der Waals surface area (Å²) in [7, 11) is 1.62. The molecule has 110 valence electrons. The molecule has 0 unspecified atom stereocenters. The number of nitrogens with zero attached hydrogens (tertiary/aromatic N) is 1. The van der Waals surface area contributed by atoms with Crippen LogP contribution in [0.1, 0.15) is 11.1 Å². The number of benzene rings is 2. The van der Waals surface area contributed by atoms with Crippen molar-refractivity contribution in [1.82, 2.24) is 0 Å². The highest BCUT2D eigenvalue weighted by Crippen LogP contribution is 2.23. The molecule has 0 saturated carbocycles. The Bertz CT molecular complexity index is 642. The lowest BCUT2D eigenvalue weighted by Crippen LogP contribution is -2.13. The van der Waals surface area contributed by atoms with E-state index in [1.807, 2.05) is 24.3 Å². The predicted molar refractivity (Wildman–Crippen MR) is 81.3 cm³/mol. The minimum absolute atomic E-state index is 0.0401. The summed E-state index contributed by atoms with van der Waals surface area (Å²) in [6, 6.07) is 12.6. The SMILES string of the molecule is COc1ccc(COc2ccc(C(N)=NO)c(Cl)c2)cc1. The minimum atomic E-state index is -0.0401. The van der Waals surface area contributed by atoms with Crippen LogP contribution >= 0.6 is 11.6 Å². The van der Waals surface area contributed by atoms with Gasteiger partial charge in [-0.25, -0.2) is 0 Å². The molecule has 21 heavy (non-hydrogen) atoms. The average Bonchev–Trinajstić information content (AvgIpc) is 2.52. The lowest BCUT2D eigenvalue weighted by atomic mass is 10.2. The largest absolute Gasteiger partial charge is 0.497 e. The quantitative estimate of drug-likeness (QED) is 0.385. The van der Waals surface area contributed by atoms with Crippen LogP contribution in [0, 0.1) is 0 Å². The molecule has 0 radical (unpaired) electrons. The number of nitrogens with two attached hydrogens (primary N) is 1. The molecular weight excluding hydrogens is 292 g/mol. The molecule has 0 aliphatic heterocycles. The first-order chi connectivity index (χ1) is 10.1. The van der Waals surface area contributed by atoms with Crippen molar-refractivity contribution in [3.8, 4) is 11.5 Å². The molecule has 0 saturated heterocycles. The molecule has 0 heterocycles. The molecule has 0 atom stereocenters. The number of amidine groups is 1. The highest BCUT2D eigenvalue weighted by Gasteiger charge is 2.07. The van der Waals surface area contributed by atoms with E-state index in [9.17, 15) is 0 Å². The smallest absolute Gasteiger partial charge is 0.171 e. The first-order valence-corrected chi connectivity index (χ1v) is 6.55. The van der Waals surface area contributed by atoms with Gasteiger partial charge in [-0.15, -0.1) is 0 Å². The lowest BCUT2D eigenvalue weighted by molar-refractivity contribution is 0.306. The molecule has 0 aliphatic rings. The van der Waals surface area contributed by atoms with E-state index < -0.39 is 0 Å². The molecule has 2 aromatic carbocycles. The summed E-state index contributed by atoms with van der Waals surface area (Å²) in [5.41, 5.74) is 6.96. The van der Waals surface area contributed by atoms with Crippen molar-refractivity contribution in [1.29, 1.82) is 0 Å². The fraction of sp³-hybridized carbons (Fsp3) is 0.133. The highest BCUT2D eigenvalue weighted by atomic mass is 35.5. The molecule has 6 heteroatoms. The van der Waals surface area contributed by atoms with Crippen molar-refractivity contribution in [3.05, 3.63) is 58.6 Å². The number of hydrogen-bond donors (Lipinski definition) is 2. The summed E-state index contributed by atoms with van der Waals surface area (Å²) >= 11 is 6.06. The van der Waals surface area contributed by atoms with Crippen molar-refractivity contribution in [2.75, 3.05) is 7.11 Å². The number of rotatable bonds is 5. The van der Waals surface area contributed by atoms with E-state index >= 15 is 0 Å². The predicted octanol–water partition coefficient (Wildman–Crippen LogP) is 3.02. The highest BCUT2D eigenvalue weighted by molar-refractivity contribution is 6.34. The van der Waals surface area contributed by atoms with Crippen molar-refractivity contribution in [2.24, 2.45) is 10.9 Å². The number of hydrogen-bond acceptors (Lipinski definition) is 4. The number of methoxy groups -OCH3 is 1. The van der Waals surface area contributed by atoms with Crippen LogP contribution in [0.3, 0.4) is 0 Å². The monoisotopic (exact) mass is 306 g/mol. The van der Waals surface area contributed by atoms with E-state index in [1.54, 1.807) is 25.3 Å².